The number of carbonyl (C=O) groups is 1. The monoisotopic (exact) mass is 337 g/mol. The van der Waals surface area contributed by atoms with Gasteiger partial charge in [0.15, 0.2) is 0 Å². The molecule has 0 aromatic carbocycles. The molecule has 1 aromatic heterocycles. The summed E-state index contributed by atoms with van der Waals surface area (Å²) in [7, 11) is 1.90. The summed E-state index contributed by atoms with van der Waals surface area (Å²) in [6, 6.07) is 0.376. The SMILES string of the molecule is Cc1nn(CC(C)C)c(Cl)c1/C=C/C(=O)N(C)C1CCCCC1. The van der Waals surface area contributed by atoms with E-state index in [1.54, 1.807) is 6.08 Å². The van der Waals surface area contributed by atoms with E-state index in [4.69, 9.17) is 11.6 Å². The van der Waals surface area contributed by atoms with Gasteiger partial charge in [0.05, 0.1) is 5.69 Å². The van der Waals surface area contributed by atoms with Gasteiger partial charge >= 0.3 is 0 Å². The van der Waals surface area contributed by atoms with Crippen molar-refractivity contribution >= 4 is 23.6 Å². The zero-order valence-electron chi connectivity index (χ0n) is 14.7. The molecule has 0 spiro atoms. The molecule has 0 unspecified atom stereocenters. The molecule has 0 bridgehead atoms. The molecular weight excluding hydrogens is 310 g/mol. The van der Waals surface area contributed by atoms with Crippen LogP contribution in [-0.4, -0.2) is 33.7 Å². The lowest BCUT2D eigenvalue weighted by molar-refractivity contribution is -0.127. The molecule has 1 fully saturated rings. The van der Waals surface area contributed by atoms with Crippen molar-refractivity contribution < 1.29 is 4.79 Å². The van der Waals surface area contributed by atoms with E-state index in [-0.39, 0.29) is 5.91 Å². The Morgan fingerprint density at radius 1 is 1.39 bits per heavy atom. The molecule has 1 heterocycles. The van der Waals surface area contributed by atoms with Gasteiger partial charge in [-0.05, 0) is 31.8 Å². The predicted octanol–water partition coefficient (Wildman–Crippen LogP) is 4.31. The van der Waals surface area contributed by atoms with Crippen LogP contribution in [0.5, 0.6) is 0 Å². The summed E-state index contributed by atoms with van der Waals surface area (Å²) in [5.74, 6) is 0.520. The largest absolute Gasteiger partial charge is 0.339 e. The fourth-order valence-electron chi connectivity index (χ4n) is 3.14. The Hall–Kier alpha value is -1.29. The minimum atomic E-state index is 0.0453. The maximum Gasteiger partial charge on any atom is 0.246 e. The summed E-state index contributed by atoms with van der Waals surface area (Å²) < 4.78 is 1.82. The molecule has 1 saturated carbocycles. The maximum atomic E-state index is 12.4. The van der Waals surface area contributed by atoms with E-state index in [0.29, 0.717) is 17.1 Å². The van der Waals surface area contributed by atoms with Crippen LogP contribution in [0.1, 0.15) is 57.2 Å². The zero-order chi connectivity index (χ0) is 17.0. The first-order valence-corrected chi connectivity index (χ1v) is 8.95. The van der Waals surface area contributed by atoms with Crippen molar-refractivity contribution in [2.45, 2.75) is 65.5 Å². The molecule has 5 heteroatoms. The summed E-state index contributed by atoms with van der Waals surface area (Å²) in [6.45, 7) is 6.97. The Labute approximate surface area is 144 Å². The number of hydrogen-bond donors (Lipinski definition) is 0. The topological polar surface area (TPSA) is 38.1 Å². The van der Waals surface area contributed by atoms with Crippen molar-refractivity contribution in [3.05, 3.63) is 22.5 Å². The first-order valence-electron chi connectivity index (χ1n) is 8.58. The minimum Gasteiger partial charge on any atom is -0.339 e. The van der Waals surface area contributed by atoms with Gasteiger partial charge in [-0.25, -0.2) is 0 Å². The number of amides is 1. The molecule has 0 radical (unpaired) electrons. The molecule has 1 aliphatic carbocycles. The van der Waals surface area contributed by atoms with Gasteiger partial charge in [-0.15, -0.1) is 0 Å². The Kier molecular flexibility index (Phi) is 6.28. The van der Waals surface area contributed by atoms with E-state index < -0.39 is 0 Å². The van der Waals surface area contributed by atoms with Crippen LogP contribution in [0.15, 0.2) is 6.08 Å². The highest BCUT2D eigenvalue weighted by molar-refractivity contribution is 6.31. The molecule has 2 rings (SSSR count). The fourth-order valence-corrected chi connectivity index (χ4v) is 3.45. The van der Waals surface area contributed by atoms with Crippen molar-refractivity contribution in [2.75, 3.05) is 7.05 Å². The molecular formula is C18H28ClN3O. The first kappa shape index (κ1) is 18.1. The van der Waals surface area contributed by atoms with E-state index in [1.807, 2.05) is 29.6 Å². The highest BCUT2D eigenvalue weighted by atomic mass is 35.5. The molecule has 0 aliphatic heterocycles. The highest BCUT2D eigenvalue weighted by Gasteiger charge is 2.21. The van der Waals surface area contributed by atoms with Crippen LogP contribution in [-0.2, 0) is 11.3 Å². The quantitative estimate of drug-likeness (QED) is 0.751. The Morgan fingerprint density at radius 2 is 2.04 bits per heavy atom. The molecule has 0 saturated heterocycles. The van der Waals surface area contributed by atoms with Gasteiger partial charge in [0, 0.05) is 31.3 Å². The van der Waals surface area contributed by atoms with Crippen molar-refractivity contribution in [3.63, 3.8) is 0 Å². The summed E-state index contributed by atoms with van der Waals surface area (Å²) in [5, 5.41) is 5.08. The van der Waals surface area contributed by atoms with E-state index in [9.17, 15) is 4.79 Å². The lowest BCUT2D eigenvalue weighted by atomic mass is 9.94. The average molecular weight is 338 g/mol. The van der Waals surface area contributed by atoms with Crippen LogP contribution >= 0.6 is 11.6 Å². The second kappa shape index (κ2) is 8.00. The summed E-state index contributed by atoms with van der Waals surface area (Å²) in [4.78, 5) is 14.3. The van der Waals surface area contributed by atoms with E-state index in [0.717, 1.165) is 30.6 Å². The highest BCUT2D eigenvalue weighted by Crippen LogP contribution is 2.24. The molecule has 1 aliphatic rings. The van der Waals surface area contributed by atoms with Crippen LogP contribution in [0.2, 0.25) is 5.15 Å². The molecule has 23 heavy (non-hydrogen) atoms. The first-order chi connectivity index (χ1) is 10.9. The predicted molar refractivity (Wildman–Crippen MR) is 95.5 cm³/mol. The van der Waals surface area contributed by atoms with Gasteiger partial charge in [-0.2, -0.15) is 5.10 Å². The van der Waals surface area contributed by atoms with Crippen molar-refractivity contribution in [2.24, 2.45) is 5.92 Å². The third-order valence-corrected chi connectivity index (χ3v) is 4.91. The van der Waals surface area contributed by atoms with Gasteiger partial charge in [-0.3, -0.25) is 9.48 Å². The number of aromatic nitrogens is 2. The van der Waals surface area contributed by atoms with Crippen LogP contribution < -0.4 is 0 Å². The fraction of sp³-hybridized carbons (Fsp3) is 0.667. The standard InChI is InChI=1S/C18H28ClN3O/c1-13(2)12-22-18(19)16(14(3)20-22)10-11-17(23)21(4)15-8-6-5-7-9-15/h10-11,13,15H,5-9,12H2,1-4H3/b11-10+. The van der Waals surface area contributed by atoms with Gasteiger partial charge in [-0.1, -0.05) is 44.7 Å². The number of carbonyl (C=O) groups excluding carboxylic acids is 1. The normalized spacial score (nSPS) is 16.4. The number of hydrogen-bond acceptors (Lipinski definition) is 2. The summed E-state index contributed by atoms with van der Waals surface area (Å²) >= 11 is 6.41. The number of rotatable bonds is 5. The van der Waals surface area contributed by atoms with Crippen molar-refractivity contribution in [1.82, 2.24) is 14.7 Å². The molecule has 4 nitrogen and oxygen atoms in total. The van der Waals surface area contributed by atoms with Crippen molar-refractivity contribution in [3.8, 4) is 0 Å². The molecule has 0 atom stereocenters. The van der Waals surface area contributed by atoms with Crippen molar-refractivity contribution in [1.29, 1.82) is 0 Å². The third-order valence-electron chi connectivity index (χ3n) is 4.51. The Balaban J connectivity index is 2.07. The third kappa shape index (κ3) is 4.60. The van der Waals surface area contributed by atoms with E-state index in [2.05, 4.69) is 18.9 Å². The molecule has 1 amide bonds. The Morgan fingerprint density at radius 3 is 2.65 bits per heavy atom. The second-order valence-corrected chi connectivity index (χ2v) is 7.30. The summed E-state index contributed by atoms with van der Waals surface area (Å²) in [5.41, 5.74) is 1.71. The summed E-state index contributed by atoms with van der Waals surface area (Å²) in [6.07, 6.45) is 9.40. The molecule has 0 N–H and O–H groups in total. The number of halogens is 1. The number of nitrogens with zero attached hydrogens (tertiary/aromatic N) is 3. The number of aryl methyl sites for hydroxylation is 1. The number of likely N-dealkylation sites (N-methyl/N-ethyl adjacent to an activating group) is 1. The van der Waals surface area contributed by atoms with Crippen LogP contribution in [0, 0.1) is 12.8 Å². The molecule has 128 valence electrons. The van der Waals surface area contributed by atoms with Crippen LogP contribution in [0.25, 0.3) is 6.08 Å². The minimum absolute atomic E-state index is 0.0453. The van der Waals surface area contributed by atoms with Gasteiger partial charge in [0.1, 0.15) is 5.15 Å². The van der Waals surface area contributed by atoms with Gasteiger partial charge in [0.2, 0.25) is 5.91 Å². The lowest BCUT2D eigenvalue weighted by Gasteiger charge is -2.30. The smallest absolute Gasteiger partial charge is 0.246 e. The van der Waals surface area contributed by atoms with Crippen LogP contribution in [0.3, 0.4) is 0 Å². The zero-order valence-corrected chi connectivity index (χ0v) is 15.4. The lowest BCUT2D eigenvalue weighted by Crippen LogP contribution is -2.37. The second-order valence-electron chi connectivity index (χ2n) is 6.94. The van der Waals surface area contributed by atoms with Crippen LogP contribution in [0.4, 0.5) is 0 Å². The Bertz CT molecular complexity index is 571. The molecule has 1 aromatic rings. The van der Waals surface area contributed by atoms with Gasteiger partial charge in [0.25, 0.3) is 0 Å². The van der Waals surface area contributed by atoms with Gasteiger partial charge < -0.3 is 4.90 Å². The van der Waals surface area contributed by atoms with E-state index >= 15 is 0 Å². The van der Waals surface area contributed by atoms with E-state index in [1.165, 1.54) is 19.3 Å². The maximum absolute atomic E-state index is 12.4. The average Bonchev–Trinajstić information content (AvgIpc) is 2.78.